The Morgan fingerprint density at radius 3 is 2.58 bits per heavy atom. The van der Waals surface area contributed by atoms with E-state index in [2.05, 4.69) is 11.9 Å². The summed E-state index contributed by atoms with van der Waals surface area (Å²) < 4.78 is 4.86. The first-order valence-corrected chi connectivity index (χ1v) is 6.49. The average molecular weight is 264 g/mol. The van der Waals surface area contributed by atoms with E-state index in [1.807, 2.05) is 0 Å². The molecule has 0 saturated heterocycles. The Balaban J connectivity index is 2.81. The van der Waals surface area contributed by atoms with Crippen LogP contribution in [0.3, 0.4) is 0 Å². The van der Waals surface area contributed by atoms with Gasteiger partial charge in [-0.2, -0.15) is 0 Å². The molecule has 0 aliphatic heterocycles. The third kappa shape index (κ3) is 4.35. The number of rotatable bonds is 6. The van der Waals surface area contributed by atoms with Crippen LogP contribution in [0.4, 0.5) is 0 Å². The van der Waals surface area contributed by atoms with Crippen LogP contribution < -0.4 is 0 Å². The second-order valence-corrected chi connectivity index (χ2v) is 4.21. The van der Waals surface area contributed by atoms with Gasteiger partial charge in [0.1, 0.15) is 11.4 Å². The first kappa shape index (κ1) is 15.1. The summed E-state index contributed by atoms with van der Waals surface area (Å²) in [6, 6.07) is 4.79. The molecule has 19 heavy (non-hydrogen) atoms. The summed E-state index contributed by atoms with van der Waals surface area (Å²) in [6.45, 7) is 4.76. The lowest BCUT2D eigenvalue weighted by Crippen LogP contribution is -2.28. The highest BCUT2D eigenvalue weighted by atomic mass is 16.5. The minimum absolute atomic E-state index is 0.164. The number of hydrogen-bond donors (Lipinski definition) is 0. The molecule has 0 spiro atoms. The summed E-state index contributed by atoms with van der Waals surface area (Å²) in [5.74, 6) is -0.687. The zero-order valence-electron chi connectivity index (χ0n) is 11.7. The van der Waals surface area contributed by atoms with Crippen molar-refractivity contribution in [2.24, 2.45) is 0 Å². The van der Waals surface area contributed by atoms with E-state index < -0.39 is 5.97 Å². The molecule has 0 bridgehead atoms. The van der Waals surface area contributed by atoms with Crippen molar-refractivity contribution in [3.63, 3.8) is 0 Å². The fraction of sp³-hybridized carbons (Fsp3) is 0.500. The zero-order chi connectivity index (χ0) is 14.3. The summed E-state index contributed by atoms with van der Waals surface area (Å²) >= 11 is 0. The van der Waals surface area contributed by atoms with Gasteiger partial charge < -0.3 is 9.64 Å². The van der Waals surface area contributed by atoms with E-state index in [4.69, 9.17) is 4.74 Å². The van der Waals surface area contributed by atoms with E-state index in [0.29, 0.717) is 6.54 Å². The molecule has 1 amide bonds. The predicted molar refractivity (Wildman–Crippen MR) is 72.1 cm³/mol. The molecule has 1 aromatic heterocycles. The molecule has 104 valence electrons. The van der Waals surface area contributed by atoms with Crippen LogP contribution >= 0.6 is 0 Å². The van der Waals surface area contributed by atoms with E-state index in [1.54, 1.807) is 37.1 Å². The number of unbranched alkanes of at least 4 members (excludes halogenated alkanes) is 1. The Labute approximate surface area is 113 Å². The lowest BCUT2D eigenvalue weighted by atomic mass is 10.2. The van der Waals surface area contributed by atoms with Crippen LogP contribution in [0.1, 0.15) is 47.7 Å². The van der Waals surface area contributed by atoms with Crippen LogP contribution in [0, 0.1) is 0 Å². The van der Waals surface area contributed by atoms with Crippen molar-refractivity contribution in [2.75, 3.05) is 20.2 Å². The Kier molecular flexibility index (Phi) is 5.99. The van der Waals surface area contributed by atoms with Gasteiger partial charge in [-0.3, -0.25) is 4.79 Å². The number of carbonyl (C=O) groups excluding carboxylic acids is 2. The molecular weight excluding hydrogens is 244 g/mol. The average Bonchev–Trinajstić information content (AvgIpc) is 2.44. The highest BCUT2D eigenvalue weighted by Crippen LogP contribution is 2.05. The molecule has 0 atom stereocenters. The SMILES string of the molecule is CCCCN(C)C(=O)c1cccc(C(=O)OCC)n1. The van der Waals surface area contributed by atoms with Crippen molar-refractivity contribution in [3.05, 3.63) is 29.6 Å². The largest absolute Gasteiger partial charge is 0.461 e. The second-order valence-electron chi connectivity index (χ2n) is 4.21. The summed E-state index contributed by atoms with van der Waals surface area (Å²) in [5.41, 5.74) is 0.431. The number of amides is 1. The highest BCUT2D eigenvalue weighted by Gasteiger charge is 2.15. The standard InChI is InChI=1S/C14H20N2O3/c1-4-6-10-16(3)13(17)11-8-7-9-12(15-11)14(18)19-5-2/h7-9H,4-6,10H2,1-3H3. The van der Waals surface area contributed by atoms with Gasteiger partial charge in [0.05, 0.1) is 6.61 Å². The van der Waals surface area contributed by atoms with Gasteiger partial charge in [-0.25, -0.2) is 9.78 Å². The maximum absolute atomic E-state index is 12.1. The van der Waals surface area contributed by atoms with Crippen molar-refractivity contribution >= 4 is 11.9 Å². The molecule has 0 aliphatic rings. The minimum Gasteiger partial charge on any atom is -0.461 e. The molecule has 0 fully saturated rings. The quantitative estimate of drug-likeness (QED) is 0.738. The molecule has 0 aliphatic carbocycles. The molecule has 0 unspecified atom stereocenters. The number of nitrogens with zero attached hydrogens (tertiary/aromatic N) is 2. The molecule has 1 heterocycles. The van der Waals surface area contributed by atoms with Crippen molar-refractivity contribution in [3.8, 4) is 0 Å². The molecule has 0 radical (unpaired) electrons. The van der Waals surface area contributed by atoms with E-state index in [9.17, 15) is 9.59 Å². The summed E-state index contributed by atoms with van der Waals surface area (Å²) in [4.78, 5) is 29.3. The van der Waals surface area contributed by atoms with E-state index in [-0.39, 0.29) is 23.9 Å². The monoisotopic (exact) mass is 264 g/mol. The Morgan fingerprint density at radius 1 is 1.26 bits per heavy atom. The van der Waals surface area contributed by atoms with Crippen molar-refractivity contribution in [1.82, 2.24) is 9.88 Å². The van der Waals surface area contributed by atoms with E-state index >= 15 is 0 Å². The van der Waals surface area contributed by atoms with Crippen molar-refractivity contribution in [1.29, 1.82) is 0 Å². The Hall–Kier alpha value is -1.91. The normalized spacial score (nSPS) is 10.1. The van der Waals surface area contributed by atoms with Gasteiger partial charge in [-0.15, -0.1) is 0 Å². The maximum atomic E-state index is 12.1. The van der Waals surface area contributed by atoms with Gasteiger partial charge in [0.2, 0.25) is 0 Å². The smallest absolute Gasteiger partial charge is 0.356 e. The lowest BCUT2D eigenvalue weighted by molar-refractivity contribution is 0.0519. The number of pyridine rings is 1. The fourth-order valence-corrected chi connectivity index (χ4v) is 1.56. The van der Waals surface area contributed by atoms with Crippen LogP contribution in [0.15, 0.2) is 18.2 Å². The summed E-state index contributed by atoms with van der Waals surface area (Å²) in [7, 11) is 1.73. The maximum Gasteiger partial charge on any atom is 0.356 e. The van der Waals surface area contributed by atoms with Gasteiger partial charge >= 0.3 is 5.97 Å². The van der Waals surface area contributed by atoms with Crippen LogP contribution in [-0.2, 0) is 4.74 Å². The molecule has 5 heteroatoms. The van der Waals surface area contributed by atoms with Crippen LogP contribution in [0.5, 0.6) is 0 Å². The Morgan fingerprint density at radius 2 is 1.95 bits per heavy atom. The number of carbonyl (C=O) groups is 2. The molecule has 0 aromatic carbocycles. The lowest BCUT2D eigenvalue weighted by Gasteiger charge is -2.16. The van der Waals surface area contributed by atoms with Gasteiger partial charge in [-0.05, 0) is 25.5 Å². The fourth-order valence-electron chi connectivity index (χ4n) is 1.56. The topological polar surface area (TPSA) is 59.5 Å². The van der Waals surface area contributed by atoms with Crippen LogP contribution in [-0.4, -0.2) is 42.0 Å². The van der Waals surface area contributed by atoms with Gasteiger partial charge in [0, 0.05) is 13.6 Å². The van der Waals surface area contributed by atoms with Crippen LogP contribution in [0.25, 0.3) is 0 Å². The number of esters is 1. The first-order chi connectivity index (χ1) is 9.10. The molecule has 0 N–H and O–H groups in total. The molecule has 1 aromatic rings. The van der Waals surface area contributed by atoms with E-state index in [1.165, 1.54) is 0 Å². The molecule has 0 saturated carbocycles. The van der Waals surface area contributed by atoms with Crippen LogP contribution in [0.2, 0.25) is 0 Å². The third-order valence-corrected chi connectivity index (χ3v) is 2.65. The Bertz CT molecular complexity index is 446. The minimum atomic E-state index is -0.506. The number of aromatic nitrogens is 1. The number of hydrogen-bond acceptors (Lipinski definition) is 4. The summed E-state index contributed by atoms with van der Waals surface area (Å²) in [5, 5.41) is 0. The van der Waals surface area contributed by atoms with Gasteiger partial charge in [0.25, 0.3) is 5.91 Å². The van der Waals surface area contributed by atoms with E-state index in [0.717, 1.165) is 12.8 Å². The summed E-state index contributed by atoms with van der Waals surface area (Å²) in [6.07, 6.45) is 1.97. The second kappa shape index (κ2) is 7.51. The molecule has 5 nitrogen and oxygen atoms in total. The zero-order valence-corrected chi connectivity index (χ0v) is 11.7. The van der Waals surface area contributed by atoms with Crippen molar-refractivity contribution < 1.29 is 14.3 Å². The molecule has 1 rings (SSSR count). The number of ether oxygens (including phenoxy) is 1. The first-order valence-electron chi connectivity index (χ1n) is 6.49. The molecular formula is C14H20N2O3. The highest BCUT2D eigenvalue weighted by molar-refractivity contribution is 5.94. The van der Waals surface area contributed by atoms with Crippen molar-refractivity contribution in [2.45, 2.75) is 26.7 Å². The predicted octanol–water partition coefficient (Wildman–Crippen LogP) is 2.13. The van der Waals surface area contributed by atoms with Gasteiger partial charge in [-0.1, -0.05) is 19.4 Å². The third-order valence-electron chi connectivity index (χ3n) is 2.65. The van der Waals surface area contributed by atoms with Gasteiger partial charge in [0.15, 0.2) is 0 Å².